The molecule has 0 aliphatic carbocycles. The molecule has 8 heteroatoms. The molecular weight excluding hydrogens is 331 g/mol. The number of nitrogens with one attached hydrogen (secondary N) is 1. The molecule has 0 fully saturated rings. The molecular formula is C17H17FN2O5. The summed E-state index contributed by atoms with van der Waals surface area (Å²) in [7, 11) is 2.76. The van der Waals surface area contributed by atoms with Crippen LogP contribution in [-0.2, 0) is 4.79 Å². The van der Waals surface area contributed by atoms with Crippen LogP contribution in [-0.4, -0.2) is 32.6 Å². The predicted molar refractivity (Wildman–Crippen MR) is 88.6 cm³/mol. The zero-order chi connectivity index (χ0) is 18.4. The second-order valence-electron chi connectivity index (χ2n) is 4.93. The molecule has 0 atom stereocenters. The Kier molecular flexibility index (Phi) is 5.78. The van der Waals surface area contributed by atoms with Gasteiger partial charge in [0.1, 0.15) is 5.82 Å². The van der Waals surface area contributed by atoms with E-state index in [1.807, 2.05) is 0 Å². The van der Waals surface area contributed by atoms with Gasteiger partial charge in [0.25, 0.3) is 11.8 Å². The second-order valence-corrected chi connectivity index (χ2v) is 4.93. The third-order valence-electron chi connectivity index (χ3n) is 3.18. The fourth-order valence-electron chi connectivity index (χ4n) is 2.03. The topological polar surface area (TPSA) is 99.9 Å². The van der Waals surface area contributed by atoms with E-state index in [9.17, 15) is 14.0 Å². The molecule has 0 saturated heterocycles. The lowest BCUT2D eigenvalue weighted by molar-refractivity contribution is -0.120. The van der Waals surface area contributed by atoms with Crippen LogP contribution in [0.5, 0.6) is 17.2 Å². The summed E-state index contributed by atoms with van der Waals surface area (Å²) < 4.78 is 28.6. The first-order valence-corrected chi connectivity index (χ1v) is 7.18. The number of carbonyl (C=O) groups excluding carboxylic acids is 2. The molecule has 0 radical (unpaired) electrons. The quantitative estimate of drug-likeness (QED) is 0.797. The Morgan fingerprint density at radius 1 is 1.08 bits per heavy atom. The first kappa shape index (κ1) is 18.1. The molecule has 0 heterocycles. The largest absolute Gasteiger partial charge is 0.493 e. The average molecular weight is 348 g/mol. The molecule has 0 spiro atoms. The van der Waals surface area contributed by atoms with Crippen molar-refractivity contribution in [3.8, 4) is 17.2 Å². The van der Waals surface area contributed by atoms with Gasteiger partial charge in [-0.1, -0.05) is 0 Å². The summed E-state index contributed by atoms with van der Waals surface area (Å²) in [6, 6.07) is 8.20. The van der Waals surface area contributed by atoms with Gasteiger partial charge in [0.15, 0.2) is 18.1 Å². The van der Waals surface area contributed by atoms with Crippen LogP contribution in [0.2, 0.25) is 0 Å². The Morgan fingerprint density at radius 3 is 2.12 bits per heavy atom. The maximum Gasteiger partial charge on any atom is 0.255 e. The van der Waals surface area contributed by atoms with Crippen molar-refractivity contribution >= 4 is 17.5 Å². The zero-order valence-corrected chi connectivity index (χ0v) is 13.7. The molecule has 0 saturated carbocycles. The predicted octanol–water partition coefficient (Wildman–Crippen LogP) is 1.96. The van der Waals surface area contributed by atoms with E-state index in [0.717, 1.165) is 0 Å². The van der Waals surface area contributed by atoms with Gasteiger partial charge in [-0.15, -0.1) is 0 Å². The summed E-state index contributed by atoms with van der Waals surface area (Å²) in [4.78, 5) is 23.3. The highest BCUT2D eigenvalue weighted by molar-refractivity contribution is 6.05. The molecule has 2 aromatic carbocycles. The molecule has 0 aliphatic heterocycles. The van der Waals surface area contributed by atoms with E-state index in [-0.39, 0.29) is 29.4 Å². The number of methoxy groups -OCH3 is 2. The third kappa shape index (κ3) is 4.60. The van der Waals surface area contributed by atoms with E-state index in [1.54, 1.807) is 0 Å². The highest BCUT2D eigenvalue weighted by Crippen LogP contribution is 2.38. The van der Waals surface area contributed by atoms with Crippen molar-refractivity contribution in [1.82, 2.24) is 0 Å². The van der Waals surface area contributed by atoms with E-state index in [4.69, 9.17) is 19.9 Å². The Morgan fingerprint density at radius 2 is 1.64 bits per heavy atom. The van der Waals surface area contributed by atoms with E-state index < -0.39 is 17.6 Å². The number of ether oxygens (including phenoxy) is 3. The van der Waals surface area contributed by atoms with E-state index in [0.29, 0.717) is 5.69 Å². The van der Waals surface area contributed by atoms with Gasteiger partial charge in [-0.05, 0) is 36.4 Å². The van der Waals surface area contributed by atoms with Crippen molar-refractivity contribution < 1.29 is 28.2 Å². The van der Waals surface area contributed by atoms with Crippen LogP contribution in [0.15, 0.2) is 36.4 Å². The van der Waals surface area contributed by atoms with Gasteiger partial charge in [0.2, 0.25) is 5.75 Å². The molecule has 25 heavy (non-hydrogen) atoms. The van der Waals surface area contributed by atoms with Crippen LogP contribution in [0, 0.1) is 5.82 Å². The Balaban J connectivity index is 2.29. The van der Waals surface area contributed by atoms with Crippen LogP contribution in [0.1, 0.15) is 10.4 Å². The number of rotatable bonds is 7. The molecule has 2 aromatic rings. The Labute approximate surface area is 143 Å². The molecule has 2 rings (SSSR count). The van der Waals surface area contributed by atoms with Crippen LogP contribution in [0.4, 0.5) is 10.1 Å². The summed E-state index contributed by atoms with van der Waals surface area (Å²) in [6.45, 7) is -0.367. The second kappa shape index (κ2) is 8.00. The van der Waals surface area contributed by atoms with Crippen LogP contribution in [0.25, 0.3) is 0 Å². The van der Waals surface area contributed by atoms with E-state index in [2.05, 4.69) is 5.32 Å². The average Bonchev–Trinajstić information content (AvgIpc) is 2.60. The Bertz CT molecular complexity index is 752. The number of hydrogen-bond acceptors (Lipinski definition) is 5. The number of benzene rings is 2. The van der Waals surface area contributed by atoms with E-state index >= 15 is 0 Å². The first-order valence-electron chi connectivity index (χ1n) is 7.18. The Hall–Kier alpha value is -3.29. The number of hydrogen-bond donors (Lipinski definition) is 2. The monoisotopic (exact) mass is 348 g/mol. The molecule has 3 N–H and O–H groups in total. The summed E-state index contributed by atoms with van der Waals surface area (Å²) in [5.41, 5.74) is 5.72. The van der Waals surface area contributed by atoms with Gasteiger partial charge in [-0.3, -0.25) is 9.59 Å². The number of anilines is 1. The van der Waals surface area contributed by atoms with Gasteiger partial charge in [0.05, 0.1) is 14.2 Å². The van der Waals surface area contributed by atoms with Crippen molar-refractivity contribution in [1.29, 1.82) is 0 Å². The molecule has 7 nitrogen and oxygen atoms in total. The van der Waals surface area contributed by atoms with Crippen LogP contribution < -0.4 is 25.3 Å². The summed E-state index contributed by atoms with van der Waals surface area (Å²) in [6.07, 6.45) is 0. The summed E-state index contributed by atoms with van der Waals surface area (Å²) in [5, 5.41) is 2.63. The smallest absolute Gasteiger partial charge is 0.255 e. The lowest BCUT2D eigenvalue weighted by Crippen LogP contribution is -2.20. The number of carbonyl (C=O) groups is 2. The van der Waals surface area contributed by atoms with Crippen molar-refractivity contribution in [3.05, 3.63) is 47.8 Å². The highest BCUT2D eigenvalue weighted by atomic mass is 19.1. The SMILES string of the molecule is COc1cc(C(=O)Nc2ccc(F)cc2)cc(OC)c1OCC(N)=O. The summed E-state index contributed by atoms with van der Waals surface area (Å²) >= 11 is 0. The number of nitrogens with two attached hydrogens (primary N) is 1. The van der Waals surface area contributed by atoms with Gasteiger partial charge in [-0.2, -0.15) is 0 Å². The fourth-order valence-corrected chi connectivity index (χ4v) is 2.03. The van der Waals surface area contributed by atoms with Crippen molar-refractivity contribution in [3.63, 3.8) is 0 Å². The minimum absolute atomic E-state index is 0.155. The third-order valence-corrected chi connectivity index (χ3v) is 3.18. The van der Waals surface area contributed by atoms with Crippen molar-refractivity contribution in [2.45, 2.75) is 0 Å². The summed E-state index contributed by atoms with van der Waals surface area (Å²) in [5.74, 6) is -0.971. The van der Waals surface area contributed by atoms with E-state index in [1.165, 1.54) is 50.6 Å². The lowest BCUT2D eigenvalue weighted by atomic mass is 10.1. The maximum atomic E-state index is 12.9. The van der Waals surface area contributed by atoms with Gasteiger partial charge in [-0.25, -0.2) is 4.39 Å². The molecule has 132 valence electrons. The van der Waals surface area contributed by atoms with Gasteiger partial charge >= 0.3 is 0 Å². The number of primary amides is 1. The normalized spacial score (nSPS) is 10.0. The lowest BCUT2D eigenvalue weighted by Gasteiger charge is -2.15. The number of halogens is 1. The van der Waals surface area contributed by atoms with Crippen molar-refractivity contribution in [2.75, 3.05) is 26.1 Å². The first-order chi connectivity index (χ1) is 11.9. The molecule has 0 unspecified atom stereocenters. The standard InChI is InChI=1S/C17H17FN2O5/c1-23-13-7-10(8-14(24-2)16(13)25-9-15(19)21)17(22)20-12-5-3-11(18)4-6-12/h3-8H,9H2,1-2H3,(H2,19,21)(H,20,22). The van der Waals surface area contributed by atoms with Crippen LogP contribution in [0.3, 0.4) is 0 Å². The number of amides is 2. The van der Waals surface area contributed by atoms with Crippen LogP contribution >= 0.6 is 0 Å². The molecule has 0 aromatic heterocycles. The minimum Gasteiger partial charge on any atom is -0.493 e. The van der Waals surface area contributed by atoms with Crippen molar-refractivity contribution in [2.24, 2.45) is 5.73 Å². The zero-order valence-electron chi connectivity index (χ0n) is 13.7. The van der Waals surface area contributed by atoms with Gasteiger partial charge in [0, 0.05) is 11.3 Å². The maximum absolute atomic E-state index is 12.9. The minimum atomic E-state index is -0.665. The molecule has 2 amide bonds. The molecule has 0 aliphatic rings. The van der Waals surface area contributed by atoms with Gasteiger partial charge < -0.3 is 25.3 Å². The molecule has 0 bridgehead atoms. The highest BCUT2D eigenvalue weighted by Gasteiger charge is 2.18. The fraction of sp³-hybridized carbons (Fsp3) is 0.176.